The summed E-state index contributed by atoms with van der Waals surface area (Å²) in [5.41, 5.74) is -0.138. The summed E-state index contributed by atoms with van der Waals surface area (Å²) in [4.78, 5) is 10.6. The molecule has 0 unspecified atom stereocenters. The Bertz CT molecular complexity index is 509. The highest BCUT2D eigenvalue weighted by Gasteiger charge is 2.16. The number of halogens is 1. The van der Waals surface area contributed by atoms with E-state index in [0.29, 0.717) is 0 Å². The molecule has 0 heterocycles. The van der Waals surface area contributed by atoms with Crippen molar-refractivity contribution in [3.63, 3.8) is 0 Å². The maximum atomic E-state index is 12.2. The summed E-state index contributed by atoms with van der Waals surface area (Å²) in [6, 6.07) is 3.06. The topological polar surface area (TPSA) is 89.9 Å². The zero-order valence-electron chi connectivity index (χ0n) is 8.01. The van der Waals surface area contributed by atoms with Crippen LogP contribution in [-0.4, -0.2) is 26.6 Å². The smallest absolute Gasteiger partial charge is 0.488 e. The molecule has 0 aromatic heterocycles. The highest BCUT2D eigenvalue weighted by atomic mass is 32.3. The summed E-state index contributed by atoms with van der Waals surface area (Å²) >= 11 is 0. The molecule has 0 saturated carbocycles. The zero-order valence-corrected chi connectivity index (χ0v) is 8.82. The van der Waals surface area contributed by atoms with Crippen molar-refractivity contribution in [2.24, 2.45) is 0 Å². The number of carbonyl (C=O) groups is 1. The monoisotopic (exact) mass is 250 g/mol. The number of ether oxygens (including phenoxy) is 1. The van der Waals surface area contributed by atoms with Crippen LogP contribution >= 0.6 is 0 Å². The van der Waals surface area contributed by atoms with E-state index < -0.39 is 22.2 Å². The molecule has 0 aliphatic heterocycles. The Balaban J connectivity index is 3.17. The van der Waals surface area contributed by atoms with Crippen molar-refractivity contribution in [1.82, 2.24) is 0 Å². The normalized spacial score (nSPS) is 10.9. The highest BCUT2D eigenvalue weighted by Crippen LogP contribution is 2.29. The summed E-state index contributed by atoms with van der Waals surface area (Å²) in [5, 5.41) is 8.64. The molecule has 0 amide bonds. The minimum absolute atomic E-state index is 0.138. The van der Waals surface area contributed by atoms with Crippen molar-refractivity contribution in [2.75, 3.05) is 7.11 Å². The minimum Gasteiger partial charge on any atom is -0.493 e. The van der Waals surface area contributed by atoms with Crippen LogP contribution in [0.5, 0.6) is 11.5 Å². The van der Waals surface area contributed by atoms with E-state index in [2.05, 4.69) is 8.92 Å². The average Bonchev–Trinajstić information content (AvgIpc) is 2.15. The molecule has 1 aromatic carbocycles. The lowest BCUT2D eigenvalue weighted by Gasteiger charge is -2.07. The predicted octanol–water partition coefficient (Wildman–Crippen LogP) is 0.986. The molecule has 16 heavy (non-hydrogen) atoms. The Hall–Kier alpha value is -1.83. The summed E-state index contributed by atoms with van der Waals surface area (Å²) < 4.78 is 41.3. The second-order valence-electron chi connectivity index (χ2n) is 2.65. The molecule has 1 rings (SSSR count). The lowest BCUT2D eigenvalue weighted by molar-refractivity contribution is 0.0696. The van der Waals surface area contributed by atoms with Crippen LogP contribution in [0.25, 0.3) is 0 Å². The molecule has 1 aromatic rings. The molecular weight excluding hydrogens is 243 g/mol. The molecule has 1 N–H and O–H groups in total. The van der Waals surface area contributed by atoms with Gasteiger partial charge in [-0.3, -0.25) is 0 Å². The number of hydrogen-bond donors (Lipinski definition) is 1. The SMILES string of the molecule is COc1cc(C(=O)O)ccc1OS(=O)(=O)F. The predicted molar refractivity (Wildman–Crippen MR) is 50.6 cm³/mol. The van der Waals surface area contributed by atoms with Gasteiger partial charge in [-0.25, -0.2) is 4.79 Å². The second kappa shape index (κ2) is 4.35. The first-order valence-electron chi connectivity index (χ1n) is 3.89. The van der Waals surface area contributed by atoms with Crippen LogP contribution in [0.3, 0.4) is 0 Å². The number of carboxylic acids is 1. The number of carboxylic acid groups (broad SMARTS) is 1. The third kappa shape index (κ3) is 3.09. The third-order valence-corrected chi connectivity index (χ3v) is 1.98. The van der Waals surface area contributed by atoms with Gasteiger partial charge in [0.1, 0.15) is 0 Å². The Morgan fingerprint density at radius 3 is 2.44 bits per heavy atom. The van der Waals surface area contributed by atoms with Crippen LogP contribution in [0.4, 0.5) is 3.89 Å². The fourth-order valence-electron chi connectivity index (χ4n) is 0.977. The Morgan fingerprint density at radius 2 is 2.00 bits per heavy atom. The van der Waals surface area contributed by atoms with Crippen molar-refractivity contribution in [1.29, 1.82) is 0 Å². The van der Waals surface area contributed by atoms with E-state index in [1.165, 1.54) is 7.11 Å². The van der Waals surface area contributed by atoms with Gasteiger partial charge in [-0.1, -0.05) is 3.89 Å². The molecule has 0 radical (unpaired) electrons. The largest absolute Gasteiger partial charge is 0.493 e. The first kappa shape index (κ1) is 12.2. The molecule has 0 aliphatic carbocycles. The van der Waals surface area contributed by atoms with Crippen LogP contribution in [0.15, 0.2) is 18.2 Å². The van der Waals surface area contributed by atoms with E-state index in [1.54, 1.807) is 0 Å². The van der Waals surface area contributed by atoms with Crippen LogP contribution in [-0.2, 0) is 10.5 Å². The molecule has 0 spiro atoms. The fourth-order valence-corrected chi connectivity index (χ4v) is 1.33. The maximum absolute atomic E-state index is 12.2. The standard InChI is InChI=1S/C8H7FO6S/c1-14-7-4-5(8(10)11)2-3-6(7)15-16(9,12)13/h2-4H,1H3,(H,10,11). The first-order valence-corrected chi connectivity index (χ1v) is 5.20. The number of rotatable bonds is 4. The van der Waals surface area contributed by atoms with E-state index in [0.717, 1.165) is 18.2 Å². The Kier molecular flexibility index (Phi) is 3.33. The molecule has 88 valence electrons. The zero-order chi connectivity index (χ0) is 12.3. The van der Waals surface area contributed by atoms with Crippen molar-refractivity contribution in [3.05, 3.63) is 23.8 Å². The van der Waals surface area contributed by atoms with Gasteiger partial charge < -0.3 is 14.0 Å². The van der Waals surface area contributed by atoms with Gasteiger partial charge in [-0.15, -0.1) is 0 Å². The third-order valence-electron chi connectivity index (χ3n) is 1.60. The highest BCUT2D eigenvalue weighted by molar-refractivity contribution is 7.81. The number of aromatic carboxylic acids is 1. The number of benzene rings is 1. The summed E-state index contributed by atoms with van der Waals surface area (Å²) in [6.45, 7) is 0. The van der Waals surface area contributed by atoms with Crippen molar-refractivity contribution >= 4 is 16.5 Å². The summed E-state index contributed by atoms with van der Waals surface area (Å²) in [6.07, 6.45) is 0. The van der Waals surface area contributed by atoms with Gasteiger partial charge in [-0.2, -0.15) is 8.42 Å². The summed E-state index contributed by atoms with van der Waals surface area (Å²) in [5.74, 6) is -1.84. The van der Waals surface area contributed by atoms with Gasteiger partial charge in [0.05, 0.1) is 12.7 Å². The van der Waals surface area contributed by atoms with Gasteiger partial charge in [0, 0.05) is 0 Å². The molecule has 0 aliphatic rings. The molecule has 0 atom stereocenters. The van der Waals surface area contributed by atoms with Crippen LogP contribution in [0.1, 0.15) is 10.4 Å². The van der Waals surface area contributed by atoms with Gasteiger partial charge in [-0.05, 0) is 18.2 Å². The van der Waals surface area contributed by atoms with Crippen molar-refractivity contribution < 1.29 is 31.1 Å². The minimum atomic E-state index is -5.17. The van der Waals surface area contributed by atoms with Crippen molar-refractivity contribution in [2.45, 2.75) is 0 Å². The van der Waals surface area contributed by atoms with Gasteiger partial charge >= 0.3 is 16.5 Å². The number of hydrogen-bond acceptors (Lipinski definition) is 5. The van der Waals surface area contributed by atoms with Gasteiger partial charge in [0.25, 0.3) is 0 Å². The van der Waals surface area contributed by atoms with E-state index in [1.807, 2.05) is 0 Å². The quantitative estimate of drug-likeness (QED) is 0.801. The van der Waals surface area contributed by atoms with Crippen LogP contribution in [0, 0.1) is 0 Å². The maximum Gasteiger partial charge on any atom is 0.488 e. The van der Waals surface area contributed by atoms with Gasteiger partial charge in [0.15, 0.2) is 11.5 Å². The number of methoxy groups -OCH3 is 1. The summed E-state index contributed by atoms with van der Waals surface area (Å²) in [7, 11) is -4.00. The Morgan fingerprint density at radius 1 is 1.38 bits per heavy atom. The van der Waals surface area contributed by atoms with Crippen molar-refractivity contribution in [3.8, 4) is 11.5 Å². The van der Waals surface area contributed by atoms with E-state index in [9.17, 15) is 17.1 Å². The van der Waals surface area contributed by atoms with Crippen LogP contribution < -0.4 is 8.92 Å². The Labute approximate surface area is 90.6 Å². The molecular formula is C8H7FO6S. The molecule has 8 heteroatoms. The van der Waals surface area contributed by atoms with E-state index in [-0.39, 0.29) is 11.3 Å². The van der Waals surface area contributed by atoms with Gasteiger partial charge in [0.2, 0.25) is 0 Å². The first-order chi connectivity index (χ1) is 7.33. The lowest BCUT2D eigenvalue weighted by atomic mass is 10.2. The van der Waals surface area contributed by atoms with E-state index >= 15 is 0 Å². The molecule has 0 saturated heterocycles. The molecule has 0 fully saturated rings. The lowest BCUT2D eigenvalue weighted by Crippen LogP contribution is -2.04. The molecule has 0 bridgehead atoms. The fraction of sp³-hybridized carbons (Fsp3) is 0.125. The second-order valence-corrected chi connectivity index (χ2v) is 3.60. The molecule has 6 nitrogen and oxygen atoms in total. The van der Waals surface area contributed by atoms with E-state index in [4.69, 9.17) is 5.11 Å². The average molecular weight is 250 g/mol. The van der Waals surface area contributed by atoms with Crippen LogP contribution in [0.2, 0.25) is 0 Å².